The van der Waals surface area contributed by atoms with Gasteiger partial charge in [0, 0.05) is 0 Å². The number of carbonyl (C=O) groups excluding carboxylic acids is 1. The van der Waals surface area contributed by atoms with Gasteiger partial charge in [-0.25, -0.2) is 0 Å². The molecule has 0 spiro atoms. The maximum atomic E-state index is 10.9. The van der Waals surface area contributed by atoms with E-state index in [2.05, 4.69) is 4.74 Å². The third kappa shape index (κ3) is 3.38. The van der Waals surface area contributed by atoms with Crippen molar-refractivity contribution in [3.63, 3.8) is 0 Å². The van der Waals surface area contributed by atoms with Crippen LogP contribution in [0.15, 0.2) is 18.2 Å². The lowest BCUT2D eigenvalue weighted by Gasteiger charge is -2.10. The van der Waals surface area contributed by atoms with Gasteiger partial charge in [-0.3, -0.25) is 4.79 Å². The number of aliphatic hydroxyl groups excluding tert-OH is 1. The van der Waals surface area contributed by atoms with E-state index < -0.39 is 12.1 Å². The quantitative estimate of drug-likeness (QED) is 0.837. The number of methoxy groups -OCH3 is 1. The van der Waals surface area contributed by atoms with Crippen molar-refractivity contribution in [1.29, 1.82) is 0 Å². The van der Waals surface area contributed by atoms with Gasteiger partial charge in [-0.2, -0.15) is 0 Å². The van der Waals surface area contributed by atoms with E-state index in [1.165, 1.54) is 13.2 Å². The van der Waals surface area contributed by atoms with Crippen molar-refractivity contribution >= 4 is 29.2 Å². The Morgan fingerprint density at radius 1 is 1.47 bits per heavy atom. The predicted molar refractivity (Wildman–Crippen MR) is 58.1 cm³/mol. The predicted octanol–water partition coefficient (Wildman–Crippen LogP) is 2.59. The molecule has 1 N–H and O–H groups in total. The molecule has 0 aromatic heterocycles. The van der Waals surface area contributed by atoms with E-state index in [9.17, 15) is 9.90 Å². The summed E-state index contributed by atoms with van der Waals surface area (Å²) < 4.78 is 4.44. The molecule has 0 radical (unpaired) electrons. The highest BCUT2D eigenvalue weighted by Gasteiger charge is 2.14. The fourth-order valence-corrected chi connectivity index (χ4v) is 1.39. The molecule has 1 aromatic carbocycles. The average molecular weight is 249 g/mol. The van der Waals surface area contributed by atoms with E-state index in [4.69, 9.17) is 23.2 Å². The van der Waals surface area contributed by atoms with Crippen molar-refractivity contribution in [2.24, 2.45) is 0 Å². The summed E-state index contributed by atoms with van der Waals surface area (Å²) >= 11 is 11.5. The monoisotopic (exact) mass is 248 g/mol. The lowest BCUT2D eigenvalue weighted by molar-refractivity contribution is -0.142. The number of ether oxygens (including phenoxy) is 1. The van der Waals surface area contributed by atoms with E-state index in [0.717, 1.165) is 0 Å². The van der Waals surface area contributed by atoms with Gasteiger partial charge in [0.2, 0.25) is 0 Å². The minimum Gasteiger partial charge on any atom is -0.469 e. The van der Waals surface area contributed by atoms with Crippen molar-refractivity contribution in [1.82, 2.24) is 0 Å². The van der Waals surface area contributed by atoms with Crippen LogP contribution < -0.4 is 0 Å². The van der Waals surface area contributed by atoms with Crippen molar-refractivity contribution < 1.29 is 14.6 Å². The van der Waals surface area contributed by atoms with E-state index in [1.807, 2.05) is 0 Å². The lowest BCUT2D eigenvalue weighted by Crippen LogP contribution is -2.07. The fraction of sp³-hybridized carbons (Fsp3) is 0.300. The summed E-state index contributed by atoms with van der Waals surface area (Å²) in [6.45, 7) is 0. The standard InChI is InChI=1S/C10H10Cl2O3/c1-15-10(14)5-9(13)6-2-3-7(11)8(12)4-6/h2-4,9,13H,5H2,1H3. The molecule has 5 heteroatoms. The Labute approximate surface area is 97.6 Å². The second-order valence-electron chi connectivity index (χ2n) is 2.97. The molecule has 1 rings (SSSR count). The summed E-state index contributed by atoms with van der Waals surface area (Å²) in [5, 5.41) is 10.4. The molecule has 0 bridgehead atoms. The molecule has 0 heterocycles. The molecule has 0 aliphatic carbocycles. The highest BCUT2D eigenvalue weighted by Crippen LogP contribution is 2.26. The van der Waals surface area contributed by atoms with Crippen LogP contribution in [-0.2, 0) is 9.53 Å². The second kappa shape index (κ2) is 5.35. The molecule has 15 heavy (non-hydrogen) atoms. The van der Waals surface area contributed by atoms with Gasteiger partial charge in [-0.15, -0.1) is 0 Å². The van der Waals surface area contributed by atoms with Crippen LogP contribution >= 0.6 is 23.2 Å². The molecule has 3 nitrogen and oxygen atoms in total. The summed E-state index contributed by atoms with van der Waals surface area (Å²) in [5.41, 5.74) is 0.537. The van der Waals surface area contributed by atoms with Crippen LogP contribution in [-0.4, -0.2) is 18.2 Å². The van der Waals surface area contributed by atoms with Gasteiger partial charge in [-0.1, -0.05) is 29.3 Å². The van der Waals surface area contributed by atoms with Gasteiger partial charge in [-0.05, 0) is 17.7 Å². The number of hydrogen-bond acceptors (Lipinski definition) is 3. The first kappa shape index (κ1) is 12.3. The minimum absolute atomic E-state index is 0.103. The number of esters is 1. The van der Waals surface area contributed by atoms with E-state index in [1.54, 1.807) is 12.1 Å². The molecule has 1 atom stereocenters. The normalized spacial score (nSPS) is 12.3. The first-order valence-electron chi connectivity index (χ1n) is 4.24. The van der Waals surface area contributed by atoms with E-state index >= 15 is 0 Å². The largest absolute Gasteiger partial charge is 0.469 e. The van der Waals surface area contributed by atoms with Crippen molar-refractivity contribution in [2.75, 3.05) is 7.11 Å². The summed E-state index contributed by atoms with van der Waals surface area (Å²) in [7, 11) is 1.27. The summed E-state index contributed by atoms with van der Waals surface area (Å²) in [5.74, 6) is -0.478. The van der Waals surface area contributed by atoms with Crippen LogP contribution in [0.3, 0.4) is 0 Å². The van der Waals surface area contributed by atoms with Gasteiger partial charge in [0.1, 0.15) is 0 Å². The fourth-order valence-electron chi connectivity index (χ4n) is 1.08. The Bertz CT molecular complexity index is 366. The van der Waals surface area contributed by atoms with Crippen LogP contribution in [0.4, 0.5) is 0 Å². The Morgan fingerprint density at radius 3 is 2.67 bits per heavy atom. The highest BCUT2D eigenvalue weighted by atomic mass is 35.5. The summed E-state index contributed by atoms with van der Waals surface area (Å²) in [6.07, 6.45) is -1.03. The highest BCUT2D eigenvalue weighted by molar-refractivity contribution is 6.42. The van der Waals surface area contributed by atoms with Crippen molar-refractivity contribution in [3.05, 3.63) is 33.8 Å². The molecule has 0 aliphatic rings. The van der Waals surface area contributed by atoms with Crippen LogP contribution in [0.2, 0.25) is 10.0 Å². The Morgan fingerprint density at radius 2 is 2.13 bits per heavy atom. The molecule has 0 aliphatic heterocycles. The second-order valence-corrected chi connectivity index (χ2v) is 3.78. The van der Waals surface area contributed by atoms with Crippen molar-refractivity contribution in [2.45, 2.75) is 12.5 Å². The Kier molecular flexibility index (Phi) is 4.39. The van der Waals surface area contributed by atoms with Crippen LogP contribution in [0, 0.1) is 0 Å². The number of benzene rings is 1. The van der Waals surface area contributed by atoms with Crippen LogP contribution in [0.5, 0.6) is 0 Å². The maximum Gasteiger partial charge on any atom is 0.308 e. The first-order chi connectivity index (χ1) is 7.04. The molecular weight excluding hydrogens is 239 g/mol. The van der Waals surface area contributed by atoms with Crippen LogP contribution in [0.25, 0.3) is 0 Å². The van der Waals surface area contributed by atoms with E-state index in [-0.39, 0.29) is 6.42 Å². The Hall–Kier alpha value is -0.770. The topological polar surface area (TPSA) is 46.5 Å². The molecule has 0 saturated carbocycles. The van der Waals surface area contributed by atoms with Gasteiger partial charge in [0.15, 0.2) is 0 Å². The number of halogens is 2. The van der Waals surface area contributed by atoms with E-state index in [0.29, 0.717) is 15.6 Å². The molecule has 0 fully saturated rings. The number of hydrogen-bond donors (Lipinski definition) is 1. The minimum atomic E-state index is -0.924. The summed E-state index contributed by atoms with van der Waals surface area (Å²) in [4.78, 5) is 10.9. The Balaban J connectivity index is 2.78. The SMILES string of the molecule is COC(=O)CC(O)c1ccc(Cl)c(Cl)c1. The zero-order valence-electron chi connectivity index (χ0n) is 8.04. The van der Waals surface area contributed by atoms with Gasteiger partial charge in [0.25, 0.3) is 0 Å². The first-order valence-corrected chi connectivity index (χ1v) is 5.00. The molecule has 82 valence electrons. The van der Waals surface area contributed by atoms with Gasteiger partial charge < -0.3 is 9.84 Å². The summed E-state index contributed by atoms with van der Waals surface area (Å²) in [6, 6.07) is 4.71. The number of aliphatic hydroxyl groups is 1. The van der Waals surface area contributed by atoms with Gasteiger partial charge in [0.05, 0.1) is 29.7 Å². The van der Waals surface area contributed by atoms with Gasteiger partial charge >= 0.3 is 5.97 Å². The zero-order valence-corrected chi connectivity index (χ0v) is 9.55. The molecule has 1 aromatic rings. The lowest BCUT2D eigenvalue weighted by atomic mass is 10.1. The smallest absolute Gasteiger partial charge is 0.308 e. The molecule has 0 amide bonds. The third-order valence-electron chi connectivity index (χ3n) is 1.92. The molecule has 1 unspecified atom stereocenters. The molecular formula is C10H10Cl2O3. The number of carbonyl (C=O) groups is 1. The zero-order chi connectivity index (χ0) is 11.4. The third-order valence-corrected chi connectivity index (χ3v) is 2.66. The average Bonchev–Trinajstić information content (AvgIpc) is 2.21. The van der Waals surface area contributed by atoms with Crippen molar-refractivity contribution in [3.8, 4) is 0 Å². The maximum absolute atomic E-state index is 10.9. The van der Waals surface area contributed by atoms with Crippen LogP contribution in [0.1, 0.15) is 18.1 Å². The molecule has 0 saturated heterocycles. The number of rotatable bonds is 3.